The number of para-hydroxylation sites is 1. The van der Waals surface area contributed by atoms with Gasteiger partial charge in [0.25, 0.3) is 0 Å². The second-order valence-electron chi connectivity index (χ2n) is 9.69. The second kappa shape index (κ2) is 13.0. The van der Waals surface area contributed by atoms with Crippen LogP contribution < -0.4 is 9.47 Å². The van der Waals surface area contributed by atoms with Gasteiger partial charge in [-0.1, -0.05) is 66.7 Å². The van der Waals surface area contributed by atoms with Gasteiger partial charge in [0.1, 0.15) is 11.5 Å². The molecule has 0 amide bonds. The van der Waals surface area contributed by atoms with Crippen molar-refractivity contribution in [3.8, 4) is 17.2 Å². The number of hydrogen-bond acceptors (Lipinski definition) is 6. The summed E-state index contributed by atoms with van der Waals surface area (Å²) in [5.41, 5.74) is 3.65. The van der Waals surface area contributed by atoms with Crippen LogP contribution in [-0.2, 0) is 13.0 Å². The van der Waals surface area contributed by atoms with Gasteiger partial charge in [0.2, 0.25) is 5.75 Å². The van der Waals surface area contributed by atoms with Gasteiger partial charge in [-0.15, -0.1) is 0 Å². The Bertz CT molecular complexity index is 1380. The molecule has 0 aliphatic heterocycles. The van der Waals surface area contributed by atoms with Crippen molar-refractivity contribution in [2.24, 2.45) is 0 Å². The summed E-state index contributed by atoms with van der Waals surface area (Å²) >= 11 is 0. The van der Waals surface area contributed by atoms with Crippen molar-refractivity contribution >= 4 is 5.69 Å². The molecule has 0 heterocycles. The molecular weight excluding hydrogens is 492 g/mol. The van der Waals surface area contributed by atoms with E-state index in [2.05, 4.69) is 36.1 Å². The van der Waals surface area contributed by atoms with E-state index >= 15 is 0 Å². The Morgan fingerprint density at radius 2 is 1.56 bits per heavy atom. The van der Waals surface area contributed by atoms with E-state index in [9.17, 15) is 15.2 Å². The molecular formula is C32H34N2O5. The van der Waals surface area contributed by atoms with Gasteiger partial charge in [0.05, 0.1) is 18.1 Å². The number of aryl methyl sites for hydroxylation is 1. The molecule has 0 aliphatic carbocycles. The third-order valence-corrected chi connectivity index (χ3v) is 6.79. The number of hydrogen-bond donors (Lipinski definition) is 1. The Morgan fingerprint density at radius 3 is 2.21 bits per heavy atom. The minimum atomic E-state index is -0.932. The number of methoxy groups -OCH3 is 1. The molecule has 2 unspecified atom stereocenters. The first-order valence-electron chi connectivity index (χ1n) is 12.9. The standard InChI is InChI=1S/C32H34N2O5/c1-23-18-26(14-16-31(23)38-3)19-24(2)33(21-25-10-6-4-7-11-25)22-30(35)27-15-17-32(29(20-27)34(36)37)39-28-12-8-5-9-13-28/h4-18,20,24,30,35H,19,21-22H2,1-3H3. The molecule has 7 heteroatoms. The van der Waals surface area contributed by atoms with Gasteiger partial charge in [0, 0.05) is 25.2 Å². The number of benzene rings is 4. The molecule has 2 atom stereocenters. The third kappa shape index (κ3) is 7.44. The summed E-state index contributed by atoms with van der Waals surface area (Å²) in [6.07, 6.45) is -0.160. The molecule has 0 aliphatic rings. The van der Waals surface area contributed by atoms with E-state index in [1.165, 1.54) is 11.6 Å². The summed E-state index contributed by atoms with van der Waals surface area (Å²) in [7, 11) is 1.66. The molecule has 1 N–H and O–H groups in total. The molecule has 202 valence electrons. The van der Waals surface area contributed by atoms with Crippen LogP contribution >= 0.6 is 0 Å². The fourth-order valence-electron chi connectivity index (χ4n) is 4.67. The zero-order valence-electron chi connectivity index (χ0n) is 22.5. The summed E-state index contributed by atoms with van der Waals surface area (Å²) in [6, 6.07) is 29.9. The van der Waals surface area contributed by atoms with Crippen LogP contribution in [0.1, 0.15) is 35.3 Å². The van der Waals surface area contributed by atoms with Crippen LogP contribution in [-0.4, -0.2) is 34.6 Å². The minimum absolute atomic E-state index is 0.0864. The number of rotatable bonds is 12. The van der Waals surface area contributed by atoms with Crippen molar-refractivity contribution in [3.05, 3.63) is 129 Å². The SMILES string of the molecule is COc1ccc(CC(C)N(Cc2ccccc2)CC(O)c2ccc(Oc3ccccc3)c([N+](=O)[O-])c2)cc1C. The van der Waals surface area contributed by atoms with Crippen LogP contribution in [0, 0.1) is 17.0 Å². The van der Waals surface area contributed by atoms with Crippen molar-refractivity contribution in [3.63, 3.8) is 0 Å². The van der Waals surface area contributed by atoms with Crippen LogP contribution in [0.3, 0.4) is 0 Å². The fraction of sp³-hybridized carbons (Fsp3) is 0.250. The van der Waals surface area contributed by atoms with Crippen LogP contribution in [0.4, 0.5) is 5.69 Å². The van der Waals surface area contributed by atoms with E-state index in [0.29, 0.717) is 24.4 Å². The molecule has 0 radical (unpaired) electrons. The Balaban J connectivity index is 1.55. The Kier molecular flexibility index (Phi) is 9.31. The monoisotopic (exact) mass is 526 g/mol. The maximum absolute atomic E-state index is 11.9. The molecule has 0 bridgehead atoms. The van der Waals surface area contributed by atoms with Gasteiger partial charge in [0.15, 0.2) is 0 Å². The average Bonchev–Trinajstić information content (AvgIpc) is 2.94. The zero-order chi connectivity index (χ0) is 27.8. The summed E-state index contributed by atoms with van der Waals surface area (Å²) in [4.78, 5) is 13.6. The average molecular weight is 527 g/mol. The van der Waals surface area contributed by atoms with E-state index in [-0.39, 0.29) is 17.5 Å². The van der Waals surface area contributed by atoms with E-state index in [4.69, 9.17) is 9.47 Å². The largest absolute Gasteiger partial charge is 0.496 e. The van der Waals surface area contributed by atoms with Crippen LogP contribution in [0.5, 0.6) is 17.2 Å². The predicted molar refractivity (Wildman–Crippen MR) is 152 cm³/mol. The smallest absolute Gasteiger partial charge is 0.311 e. The van der Waals surface area contributed by atoms with Gasteiger partial charge in [-0.05, 0) is 66.8 Å². The van der Waals surface area contributed by atoms with E-state index in [0.717, 1.165) is 23.3 Å². The summed E-state index contributed by atoms with van der Waals surface area (Å²) < 4.78 is 11.2. The Labute approximate surface area is 229 Å². The fourth-order valence-corrected chi connectivity index (χ4v) is 4.67. The molecule has 0 aromatic heterocycles. The number of aliphatic hydroxyl groups excluding tert-OH is 1. The van der Waals surface area contributed by atoms with E-state index < -0.39 is 11.0 Å². The molecule has 7 nitrogen and oxygen atoms in total. The van der Waals surface area contributed by atoms with Crippen molar-refractivity contribution in [1.29, 1.82) is 0 Å². The number of ether oxygens (including phenoxy) is 2. The summed E-state index contributed by atoms with van der Waals surface area (Å²) in [5.74, 6) is 1.49. The predicted octanol–water partition coefficient (Wildman–Crippen LogP) is 6.87. The lowest BCUT2D eigenvalue weighted by Crippen LogP contribution is -2.37. The van der Waals surface area contributed by atoms with E-state index in [1.54, 1.807) is 43.5 Å². The second-order valence-corrected chi connectivity index (χ2v) is 9.69. The maximum Gasteiger partial charge on any atom is 0.311 e. The van der Waals surface area contributed by atoms with Crippen LogP contribution in [0.2, 0.25) is 0 Å². The molecule has 0 saturated heterocycles. The lowest BCUT2D eigenvalue weighted by Gasteiger charge is -2.31. The Hall–Kier alpha value is -4.20. The van der Waals surface area contributed by atoms with Crippen molar-refractivity contribution in [2.75, 3.05) is 13.7 Å². The highest BCUT2D eigenvalue weighted by Crippen LogP contribution is 2.34. The minimum Gasteiger partial charge on any atom is -0.496 e. The molecule has 0 spiro atoms. The normalized spacial score (nSPS) is 12.6. The third-order valence-electron chi connectivity index (χ3n) is 6.79. The molecule has 39 heavy (non-hydrogen) atoms. The number of nitro groups is 1. The van der Waals surface area contributed by atoms with Crippen molar-refractivity contribution < 1.29 is 19.5 Å². The highest BCUT2D eigenvalue weighted by Gasteiger charge is 2.24. The Morgan fingerprint density at radius 1 is 0.897 bits per heavy atom. The number of aliphatic hydroxyl groups is 1. The lowest BCUT2D eigenvalue weighted by molar-refractivity contribution is -0.385. The van der Waals surface area contributed by atoms with Gasteiger partial charge in [-0.25, -0.2) is 0 Å². The zero-order valence-corrected chi connectivity index (χ0v) is 22.5. The quantitative estimate of drug-likeness (QED) is 0.160. The molecule has 4 aromatic rings. The first-order chi connectivity index (χ1) is 18.8. The van der Waals surface area contributed by atoms with Gasteiger partial charge in [-0.2, -0.15) is 0 Å². The first kappa shape index (κ1) is 27.8. The van der Waals surface area contributed by atoms with Gasteiger partial charge in [-0.3, -0.25) is 15.0 Å². The molecule has 0 saturated carbocycles. The highest BCUT2D eigenvalue weighted by atomic mass is 16.6. The van der Waals surface area contributed by atoms with Crippen molar-refractivity contribution in [1.82, 2.24) is 4.90 Å². The van der Waals surface area contributed by atoms with Gasteiger partial charge >= 0.3 is 5.69 Å². The summed E-state index contributed by atoms with van der Waals surface area (Å²) in [6.45, 7) is 5.10. The summed E-state index contributed by atoms with van der Waals surface area (Å²) in [5, 5.41) is 23.1. The van der Waals surface area contributed by atoms with Crippen molar-refractivity contribution in [2.45, 2.75) is 39.0 Å². The first-order valence-corrected chi connectivity index (χ1v) is 12.9. The molecule has 4 rings (SSSR count). The van der Waals surface area contributed by atoms with E-state index in [1.807, 2.05) is 37.3 Å². The maximum atomic E-state index is 11.9. The molecule has 0 fully saturated rings. The topological polar surface area (TPSA) is 85.1 Å². The number of nitro benzene ring substituents is 1. The molecule has 4 aromatic carbocycles. The lowest BCUT2D eigenvalue weighted by atomic mass is 10.0. The van der Waals surface area contributed by atoms with Gasteiger partial charge < -0.3 is 14.6 Å². The number of nitrogens with zero attached hydrogens (tertiary/aromatic N) is 2. The van der Waals surface area contributed by atoms with Crippen LogP contribution in [0.15, 0.2) is 97.1 Å². The highest BCUT2D eigenvalue weighted by molar-refractivity contribution is 5.51. The van der Waals surface area contributed by atoms with Crippen LogP contribution in [0.25, 0.3) is 0 Å².